The van der Waals surface area contributed by atoms with Crippen molar-refractivity contribution in [3.05, 3.63) is 23.5 Å². The molecule has 2 aromatic rings. The number of pyridine rings is 1. The van der Waals surface area contributed by atoms with Crippen LogP contribution in [-0.2, 0) is 0 Å². The van der Waals surface area contributed by atoms with Crippen molar-refractivity contribution in [3.8, 4) is 11.4 Å². The van der Waals surface area contributed by atoms with Crippen molar-refractivity contribution in [2.75, 3.05) is 5.73 Å². The summed E-state index contributed by atoms with van der Waals surface area (Å²) in [5.41, 5.74) is 6.21. The van der Waals surface area contributed by atoms with Gasteiger partial charge in [0, 0.05) is 29.5 Å². The minimum absolute atomic E-state index is 0.433. The Balaban J connectivity index is 2.52. The van der Waals surface area contributed by atoms with Gasteiger partial charge in [-0.25, -0.2) is 0 Å². The zero-order chi connectivity index (χ0) is 9.26. The summed E-state index contributed by atoms with van der Waals surface area (Å²) in [5, 5.41) is 0.961. The van der Waals surface area contributed by atoms with E-state index in [9.17, 15) is 0 Å². The quantitative estimate of drug-likeness (QED) is 0.784. The van der Waals surface area contributed by atoms with Crippen molar-refractivity contribution in [1.29, 1.82) is 0 Å². The van der Waals surface area contributed by atoms with Crippen LogP contribution in [0.25, 0.3) is 11.4 Å². The molecule has 4 nitrogen and oxygen atoms in total. The van der Waals surface area contributed by atoms with E-state index >= 15 is 0 Å². The number of aromatic nitrogens is 3. The molecule has 0 aliphatic rings. The van der Waals surface area contributed by atoms with E-state index in [4.69, 9.17) is 17.3 Å². The lowest BCUT2D eigenvalue weighted by Crippen LogP contribution is -1.85. The molecule has 0 spiro atoms. The average Bonchev–Trinajstić information content (AvgIpc) is 2.53. The maximum Gasteiger partial charge on any atom is 0.200 e. The minimum atomic E-state index is 0.433. The van der Waals surface area contributed by atoms with Crippen LogP contribution in [0.3, 0.4) is 0 Å². The van der Waals surface area contributed by atoms with Gasteiger partial charge in [0.1, 0.15) is 0 Å². The monoisotopic (exact) mass is 212 g/mol. The molecule has 0 radical (unpaired) electrons. The Morgan fingerprint density at radius 3 is 2.92 bits per heavy atom. The van der Waals surface area contributed by atoms with Crippen LogP contribution in [0.15, 0.2) is 18.5 Å². The Kier molecular flexibility index (Phi) is 2.12. The van der Waals surface area contributed by atoms with Gasteiger partial charge in [-0.05, 0) is 6.07 Å². The van der Waals surface area contributed by atoms with Crippen molar-refractivity contribution in [1.82, 2.24) is 14.3 Å². The smallest absolute Gasteiger partial charge is 0.200 e. The summed E-state index contributed by atoms with van der Waals surface area (Å²) in [6, 6.07) is 1.75. The number of rotatable bonds is 1. The lowest BCUT2D eigenvalue weighted by atomic mass is 10.2. The van der Waals surface area contributed by atoms with Crippen LogP contribution < -0.4 is 5.73 Å². The predicted octanol–water partition coefficient (Wildman–Crippen LogP) is 1.84. The largest absolute Gasteiger partial charge is 0.374 e. The lowest BCUT2D eigenvalue weighted by Gasteiger charge is -1.95. The van der Waals surface area contributed by atoms with Gasteiger partial charge >= 0.3 is 0 Å². The van der Waals surface area contributed by atoms with E-state index in [1.54, 1.807) is 18.5 Å². The van der Waals surface area contributed by atoms with Crippen LogP contribution in [0, 0.1) is 0 Å². The predicted molar refractivity (Wildman–Crippen MR) is 52.6 cm³/mol. The molecule has 66 valence electrons. The third-order valence-corrected chi connectivity index (χ3v) is 2.30. The summed E-state index contributed by atoms with van der Waals surface area (Å²) in [6.07, 6.45) is 3.19. The summed E-state index contributed by atoms with van der Waals surface area (Å²) >= 11 is 7.03. The molecule has 0 bridgehead atoms. The molecule has 0 aromatic carbocycles. The standard InChI is InChI=1S/C7H5ClN4S/c8-5-3-10-2-1-4(5)6-11-7(9)13-12-6/h1-3H,(H2,9,11,12). The Morgan fingerprint density at radius 1 is 1.46 bits per heavy atom. The molecule has 6 heteroatoms. The molecule has 0 saturated carbocycles. The molecule has 2 rings (SSSR count). The first kappa shape index (κ1) is 8.40. The number of hydrogen-bond acceptors (Lipinski definition) is 5. The molecular weight excluding hydrogens is 208 g/mol. The van der Waals surface area contributed by atoms with E-state index in [0.717, 1.165) is 17.1 Å². The number of hydrogen-bond donors (Lipinski definition) is 1. The molecule has 0 aliphatic carbocycles. The van der Waals surface area contributed by atoms with Crippen molar-refractivity contribution in [2.24, 2.45) is 0 Å². The van der Waals surface area contributed by atoms with Gasteiger partial charge in [-0.15, -0.1) is 0 Å². The van der Waals surface area contributed by atoms with Crippen LogP contribution in [0.1, 0.15) is 0 Å². The van der Waals surface area contributed by atoms with Gasteiger partial charge in [-0.3, -0.25) is 4.98 Å². The lowest BCUT2D eigenvalue weighted by molar-refractivity contribution is 1.28. The Labute approximate surface area is 83.6 Å². The summed E-state index contributed by atoms with van der Waals surface area (Å²) in [6.45, 7) is 0. The third kappa shape index (κ3) is 1.61. The first-order valence-electron chi connectivity index (χ1n) is 3.46. The van der Waals surface area contributed by atoms with E-state index in [1.165, 1.54) is 0 Å². The molecule has 0 atom stereocenters. The highest BCUT2D eigenvalue weighted by atomic mass is 35.5. The normalized spacial score (nSPS) is 10.2. The van der Waals surface area contributed by atoms with Crippen LogP contribution in [-0.4, -0.2) is 14.3 Å². The van der Waals surface area contributed by atoms with Gasteiger partial charge < -0.3 is 5.73 Å². The van der Waals surface area contributed by atoms with E-state index in [-0.39, 0.29) is 0 Å². The number of halogens is 1. The Hall–Kier alpha value is -1.20. The highest BCUT2D eigenvalue weighted by molar-refractivity contribution is 7.09. The zero-order valence-corrected chi connectivity index (χ0v) is 8.01. The van der Waals surface area contributed by atoms with E-state index < -0.39 is 0 Å². The van der Waals surface area contributed by atoms with Crippen LogP contribution in [0.4, 0.5) is 5.13 Å². The Bertz CT molecular complexity index is 428. The minimum Gasteiger partial charge on any atom is -0.374 e. The maximum atomic E-state index is 5.89. The average molecular weight is 213 g/mol. The van der Waals surface area contributed by atoms with Crippen LogP contribution >= 0.6 is 23.1 Å². The second-order valence-electron chi connectivity index (χ2n) is 2.31. The highest BCUT2D eigenvalue weighted by Crippen LogP contribution is 2.25. The fourth-order valence-electron chi connectivity index (χ4n) is 0.901. The molecule has 0 amide bonds. The molecule has 13 heavy (non-hydrogen) atoms. The number of nitrogens with zero attached hydrogens (tertiary/aromatic N) is 3. The van der Waals surface area contributed by atoms with E-state index in [2.05, 4.69) is 14.3 Å². The van der Waals surface area contributed by atoms with Crippen LogP contribution in [0.2, 0.25) is 5.02 Å². The number of nitrogens with two attached hydrogens (primary N) is 1. The fraction of sp³-hybridized carbons (Fsp3) is 0. The van der Waals surface area contributed by atoms with Crippen molar-refractivity contribution in [3.63, 3.8) is 0 Å². The fourth-order valence-corrected chi connectivity index (χ4v) is 1.55. The van der Waals surface area contributed by atoms with Crippen molar-refractivity contribution >= 4 is 28.3 Å². The summed E-state index contributed by atoms with van der Waals surface area (Å²) in [7, 11) is 0. The van der Waals surface area contributed by atoms with Crippen molar-refractivity contribution < 1.29 is 0 Å². The molecule has 0 fully saturated rings. The SMILES string of the molecule is Nc1nc(-c2ccncc2Cl)ns1. The van der Waals surface area contributed by atoms with Gasteiger partial charge in [-0.2, -0.15) is 9.36 Å². The second kappa shape index (κ2) is 3.27. The topological polar surface area (TPSA) is 64.7 Å². The molecule has 0 unspecified atom stereocenters. The van der Waals surface area contributed by atoms with Crippen LogP contribution in [0.5, 0.6) is 0 Å². The first-order chi connectivity index (χ1) is 6.27. The van der Waals surface area contributed by atoms with Gasteiger partial charge in [0.05, 0.1) is 5.02 Å². The first-order valence-corrected chi connectivity index (χ1v) is 4.61. The van der Waals surface area contributed by atoms with Gasteiger partial charge in [-0.1, -0.05) is 11.6 Å². The molecular formula is C7H5ClN4S. The summed E-state index contributed by atoms with van der Waals surface area (Å²) < 4.78 is 4.04. The Morgan fingerprint density at radius 2 is 2.31 bits per heavy atom. The molecule has 2 heterocycles. The van der Waals surface area contributed by atoms with Gasteiger partial charge in [0.2, 0.25) is 0 Å². The van der Waals surface area contributed by atoms with E-state index in [0.29, 0.717) is 16.0 Å². The molecule has 0 saturated heterocycles. The third-order valence-electron chi connectivity index (χ3n) is 1.46. The zero-order valence-electron chi connectivity index (χ0n) is 6.44. The molecule has 2 aromatic heterocycles. The van der Waals surface area contributed by atoms with Gasteiger partial charge in [0.15, 0.2) is 11.0 Å². The van der Waals surface area contributed by atoms with Crippen molar-refractivity contribution in [2.45, 2.75) is 0 Å². The summed E-state index contributed by atoms with van der Waals surface area (Å²) in [4.78, 5) is 7.88. The molecule has 0 aliphatic heterocycles. The second-order valence-corrected chi connectivity index (χ2v) is 3.50. The molecule has 2 N–H and O–H groups in total. The summed E-state index contributed by atoms with van der Waals surface area (Å²) in [5.74, 6) is 0.551. The number of nitrogen functional groups attached to an aromatic ring is 1. The highest BCUT2D eigenvalue weighted by Gasteiger charge is 2.07. The maximum absolute atomic E-state index is 5.89. The number of anilines is 1. The van der Waals surface area contributed by atoms with E-state index in [1.807, 2.05) is 0 Å². The van der Waals surface area contributed by atoms with Gasteiger partial charge in [0.25, 0.3) is 0 Å².